The fraction of sp³-hybridized carbons (Fsp3) is 0.350. The number of ether oxygens (including phenoxy) is 1. The van der Waals surface area contributed by atoms with Crippen molar-refractivity contribution >= 4 is 41.0 Å². The smallest absolute Gasteiger partial charge is 0.274 e. The van der Waals surface area contributed by atoms with E-state index in [0.29, 0.717) is 5.75 Å². The van der Waals surface area contributed by atoms with E-state index in [1.54, 1.807) is 6.07 Å². The van der Waals surface area contributed by atoms with Gasteiger partial charge in [0.25, 0.3) is 5.91 Å². The number of amidine groups is 1. The third-order valence-corrected chi connectivity index (χ3v) is 5.22. The van der Waals surface area contributed by atoms with Gasteiger partial charge in [0.05, 0.1) is 6.20 Å². The predicted octanol–water partition coefficient (Wildman–Crippen LogP) is 0.405. The van der Waals surface area contributed by atoms with Crippen LogP contribution in [0.15, 0.2) is 41.5 Å². The summed E-state index contributed by atoms with van der Waals surface area (Å²) in [6, 6.07) is 6.80. The van der Waals surface area contributed by atoms with E-state index in [-0.39, 0.29) is 16.9 Å². The number of carbonyl (C=O) groups excluding carboxylic acids is 1. The fourth-order valence-corrected chi connectivity index (χ4v) is 3.42. The lowest BCUT2D eigenvalue weighted by Gasteiger charge is -2.38. The van der Waals surface area contributed by atoms with Gasteiger partial charge in [0.2, 0.25) is 0 Å². The summed E-state index contributed by atoms with van der Waals surface area (Å²) in [5, 5.41) is 2.20. The molecule has 12 heteroatoms. The molecule has 1 aromatic carbocycles. The third-order valence-electron chi connectivity index (χ3n) is 5.22. The van der Waals surface area contributed by atoms with Crippen LogP contribution in [0, 0.1) is 5.82 Å². The zero-order valence-corrected chi connectivity index (χ0v) is 18.7. The molecule has 0 spiro atoms. The van der Waals surface area contributed by atoms with Gasteiger partial charge in [0.1, 0.15) is 58.3 Å². The second-order valence-corrected chi connectivity index (χ2v) is 9.26. The second kappa shape index (κ2) is 8.22. The maximum atomic E-state index is 14.9. The SMILES string of the molecule is BC(B)(B)Oc1ccc(C(=O)Nc2ccc(F)c([C@@]3(C)N=C(N)[C@](C)(F)C[C@@H]3F)c2)nc1. The highest BCUT2D eigenvalue weighted by Crippen LogP contribution is 2.42. The highest BCUT2D eigenvalue weighted by molar-refractivity contribution is 6.58. The largest absolute Gasteiger partial charge is 0.512 e. The predicted molar refractivity (Wildman–Crippen MR) is 126 cm³/mol. The number of nitrogens with zero attached hydrogens (tertiary/aromatic N) is 2. The number of aromatic nitrogens is 1. The highest BCUT2D eigenvalue weighted by Gasteiger charge is 2.49. The Morgan fingerprint density at radius 1 is 1.28 bits per heavy atom. The average molecular weight is 442 g/mol. The van der Waals surface area contributed by atoms with E-state index in [2.05, 4.69) is 15.3 Å². The lowest BCUT2D eigenvalue weighted by molar-refractivity contribution is 0.102. The molecule has 1 amide bonds. The van der Waals surface area contributed by atoms with Crippen LogP contribution in [0.25, 0.3) is 0 Å². The molecule has 2 heterocycles. The summed E-state index contributed by atoms with van der Waals surface area (Å²) >= 11 is 0. The second-order valence-electron chi connectivity index (χ2n) is 9.26. The van der Waals surface area contributed by atoms with Crippen LogP contribution in [0.4, 0.5) is 18.9 Å². The van der Waals surface area contributed by atoms with Crippen LogP contribution >= 0.6 is 0 Å². The summed E-state index contributed by atoms with van der Waals surface area (Å²) in [5.74, 6) is -1.18. The van der Waals surface area contributed by atoms with E-state index in [4.69, 9.17) is 10.5 Å². The van der Waals surface area contributed by atoms with Crippen molar-refractivity contribution in [2.24, 2.45) is 10.7 Å². The Kier molecular flexibility index (Phi) is 6.10. The molecule has 0 fully saturated rings. The van der Waals surface area contributed by atoms with Gasteiger partial charge in [0.15, 0.2) is 5.67 Å². The van der Waals surface area contributed by atoms with Gasteiger partial charge in [-0.1, -0.05) is 0 Å². The van der Waals surface area contributed by atoms with E-state index in [1.165, 1.54) is 31.3 Å². The van der Waals surface area contributed by atoms with E-state index >= 15 is 0 Å². The molecule has 3 N–H and O–H groups in total. The lowest BCUT2D eigenvalue weighted by Crippen LogP contribution is -2.51. The van der Waals surface area contributed by atoms with E-state index in [0.717, 1.165) is 13.0 Å². The highest BCUT2D eigenvalue weighted by atomic mass is 19.2. The van der Waals surface area contributed by atoms with Gasteiger partial charge in [0, 0.05) is 23.0 Å². The molecule has 0 radical (unpaired) electrons. The van der Waals surface area contributed by atoms with Crippen LogP contribution < -0.4 is 15.8 Å². The fourth-order valence-electron chi connectivity index (χ4n) is 3.42. The molecule has 1 aliphatic heterocycles. The Hall–Kier alpha value is -2.91. The Morgan fingerprint density at radius 2 is 1.97 bits per heavy atom. The van der Waals surface area contributed by atoms with Crippen molar-refractivity contribution in [3.05, 3.63) is 53.6 Å². The number of alkyl halides is 2. The minimum atomic E-state index is -2.12. The standard InChI is InChI=1S/C20H24B3F3N4O2/c1-18(26)8-15(25)19(2,30-17(18)27)12-7-10(3-5-13(12)24)29-16(31)14-6-4-11(9-28-14)32-20(21,22)23/h3-7,9,15H,8,21-23H2,1-2H3,(H2,27,30)(H,29,31)/t15-,18+,19+/m0/s1. The maximum absolute atomic E-state index is 14.9. The van der Waals surface area contributed by atoms with Crippen LogP contribution in [0.5, 0.6) is 5.75 Å². The third kappa shape index (κ3) is 4.94. The molecule has 3 rings (SSSR count). The summed E-state index contributed by atoms with van der Waals surface area (Å²) in [5.41, 5.74) is 2.02. The minimum absolute atomic E-state index is 0.111. The summed E-state index contributed by atoms with van der Waals surface area (Å²) in [6.45, 7) is 2.48. The molecule has 0 aliphatic carbocycles. The molecule has 32 heavy (non-hydrogen) atoms. The van der Waals surface area contributed by atoms with Crippen LogP contribution in [-0.2, 0) is 5.54 Å². The molecular formula is C20H24B3F3N4O2. The van der Waals surface area contributed by atoms with Crippen molar-refractivity contribution in [2.45, 2.75) is 42.9 Å². The molecule has 166 valence electrons. The zero-order chi connectivity index (χ0) is 23.9. The molecule has 1 aliphatic rings. The molecule has 3 atom stereocenters. The van der Waals surface area contributed by atoms with Crippen molar-refractivity contribution < 1.29 is 22.7 Å². The molecule has 1 aromatic heterocycles. The number of hydrogen-bond donors (Lipinski definition) is 2. The van der Waals surface area contributed by atoms with Crippen molar-refractivity contribution in [3.8, 4) is 5.75 Å². The van der Waals surface area contributed by atoms with E-state index in [9.17, 15) is 18.0 Å². The van der Waals surface area contributed by atoms with E-state index in [1.807, 2.05) is 23.5 Å². The number of nitrogens with one attached hydrogen (secondary N) is 1. The van der Waals surface area contributed by atoms with Crippen molar-refractivity contribution in [1.29, 1.82) is 0 Å². The van der Waals surface area contributed by atoms with Crippen LogP contribution in [-0.4, -0.2) is 57.4 Å². The Labute approximate surface area is 187 Å². The number of rotatable bonds is 5. The number of anilines is 1. The molecule has 0 saturated carbocycles. The Balaban J connectivity index is 1.85. The van der Waals surface area contributed by atoms with Crippen LogP contribution in [0.2, 0.25) is 0 Å². The topological polar surface area (TPSA) is 89.6 Å². The van der Waals surface area contributed by atoms with Gasteiger partial charge in [-0.15, -0.1) is 0 Å². The number of aliphatic imine (C=N–C) groups is 1. The van der Waals surface area contributed by atoms with Crippen molar-refractivity contribution in [3.63, 3.8) is 0 Å². The molecular weight excluding hydrogens is 418 g/mol. The first-order chi connectivity index (χ1) is 14.7. The van der Waals surface area contributed by atoms with Gasteiger partial charge < -0.3 is 15.8 Å². The summed E-state index contributed by atoms with van der Waals surface area (Å²) < 4.78 is 49.6. The van der Waals surface area contributed by atoms with Crippen molar-refractivity contribution in [1.82, 2.24) is 4.98 Å². The first-order valence-corrected chi connectivity index (χ1v) is 10.2. The molecule has 0 bridgehead atoms. The number of pyridine rings is 1. The minimum Gasteiger partial charge on any atom is -0.512 e. The van der Waals surface area contributed by atoms with Crippen LogP contribution in [0.3, 0.4) is 0 Å². The normalized spacial score (nSPS) is 25.7. The van der Waals surface area contributed by atoms with Crippen molar-refractivity contribution in [2.75, 3.05) is 5.32 Å². The van der Waals surface area contributed by atoms with E-state index < -0.39 is 46.7 Å². The average Bonchev–Trinajstić information content (AvgIpc) is 2.67. The van der Waals surface area contributed by atoms with Gasteiger partial charge in [-0.05, 0) is 44.2 Å². The number of carbonyl (C=O) groups is 1. The quantitative estimate of drug-likeness (QED) is 0.657. The zero-order valence-electron chi connectivity index (χ0n) is 18.7. The monoisotopic (exact) mass is 442 g/mol. The molecule has 0 saturated heterocycles. The summed E-state index contributed by atoms with van der Waals surface area (Å²) in [4.78, 5) is 20.6. The molecule has 2 aromatic rings. The molecule has 0 unspecified atom stereocenters. The van der Waals surface area contributed by atoms with Gasteiger partial charge in [-0.3, -0.25) is 9.79 Å². The first kappa shape index (κ1) is 23.8. The van der Waals surface area contributed by atoms with Crippen LogP contribution in [0.1, 0.15) is 36.3 Å². The summed E-state index contributed by atoms with van der Waals surface area (Å²) in [7, 11) is 5.67. The number of hydrogen-bond acceptors (Lipinski definition) is 5. The van der Waals surface area contributed by atoms with Gasteiger partial charge in [-0.25, -0.2) is 18.2 Å². The Bertz CT molecular complexity index is 1060. The lowest BCUT2D eigenvalue weighted by atomic mass is 9.52. The first-order valence-electron chi connectivity index (χ1n) is 10.2. The summed E-state index contributed by atoms with van der Waals surface area (Å²) in [6.07, 6.45) is -0.942. The Morgan fingerprint density at radius 3 is 2.56 bits per heavy atom. The number of amides is 1. The van der Waals surface area contributed by atoms with Gasteiger partial charge >= 0.3 is 0 Å². The maximum Gasteiger partial charge on any atom is 0.274 e. The number of nitrogens with two attached hydrogens (primary N) is 1. The number of halogens is 3. The van der Waals surface area contributed by atoms with Gasteiger partial charge in [-0.2, -0.15) is 0 Å². The molecule has 6 nitrogen and oxygen atoms in total. The number of benzene rings is 1.